The lowest BCUT2D eigenvalue weighted by atomic mass is 10.0. The third-order valence-electron chi connectivity index (χ3n) is 5.99. The van der Waals surface area contributed by atoms with E-state index in [9.17, 15) is 0 Å². The topological polar surface area (TPSA) is 0 Å². The van der Waals surface area contributed by atoms with Crippen molar-refractivity contribution in [3.8, 4) is 0 Å². The van der Waals surface area contributed by atoms with E-state index in [-0.39, 0.29) is 8.65 Å². The van der Waals surface area contributed by atoms with Gasteiger partial charge in [-0.15, -0.1) is 0 Å². The highest BCUT2D eigenvalue weighted by molar-refractivity contribution is 9.10. The van der Waals surface area contributed by atoms with Crippen molar-refractivity contribution in [2.75, 3.05) is 0 Å². The molecule has 0 radical (unpaired) electrons. The predicted octanol–water partition coefficient (Wildman–Crippen LogP) is 7.78. The van der Waals surface area contributed by atoms with Crippen LogP contribution in [0.15, 0.2) is 0 Å². The van der Waals surface area contributed by atoms with E-state index < -0.39 is 8.67 Å². The van der Waals surface area contributed by atoms with Gasteiger partial charge in [0.25, 0.3) is 0 Å². The van der Waals surface area contributed by atoms with Crippen molar-refractivity contribution in [1.82, 2.24) is 0 Å². The van der Waals surface area contributed by atoms with Crippen LogP contribution in [0.4, 0.5) is 0 Å². The second-order valence-electron chi connectivity index (χ2n) is 7.27. The monoisotopic (exact) mass is 512 g/mol. The fourth-order valence-electron chi connectivity index (χ4n) is 4.31. The van der Waals surface area contributed by atoms with E-state index >= 15 is 0 Å². The van der Waals surface area contributed by atoms with E-state index in [1.807, 2.05) is 0 Å². The first-order valence-electron chi connectivity index (χ1n) is 8.31. The summed E-state index contributed by atoms with van der Waals surface area (Å²) in [5.41, 5.74) is 0. The van der Waals surface area contributed by atoms with Gasteiger partial charge in [-0.3, -0.25) is 0 Å². The Kier molecular flexibility index (Phi) is 5.48. The summed E-state index contributed by atoms with van der Waals surface area (Å²) < 4.78 is -1.27. The lowest BCUT2D eigenvalue weighted by Crippen LogP contribution is -2.09. The van der Waals surface area contributed by atoms with Gasteiger partial charge in [-0.2, -0.15) is 0 Å². The van der Waals surface area contributed by atoms with Gasteiger partial charge in [0.2, 0.25) is 0 Å². The van der Waals surface area contributed by atoms with Crippen LogP contribution in [0.1, 0.15) is 64.2 Å². The maximum absolute atomic E-state index is 6.52. The lowest BCUT2D eigenvalue weighted by molar-refractivity contribution is 0.508. The van der Waals surface area contributed by atoms with E-state index in [0.29, 0.717) is 11.8 Å². The summed E-state index contributed by atoms with van der Waals surface area (Å²) in [5.74, 6) is 0.774. The van der Waals surface area contributed by atoms with Crippen LogP contribution in [-0.4, -0.2) is 17.3 Å². The molecule has 6 heteroatoms. The Morgan fingerprint density at radius 3 is 1.32 bits per heavy atom. The molecule has 0 unspecified atom stereocenters. The van der Waals surface area contributed by atoms with Gasteiger partial charge in [-0.05, 0) is 25.7 Å². The average molecular weight is 516 g/mol. The highest BCUT2D eigenvalue weighted by atomic mass is 79.9. The summed E-state index contributed by atoms with van der Waals surface area (Å²) in [4.78, 5) is 0. The predicted molar refractivity (Wildman–Crippen MR) is 105 cm³/mol. The molecule has 3 saturated carbocycles. The molecule has 0 aliphatic heterocycles. The zero-order valence-corrected chi connectivity index (χ0v) is 18.7. The summed E-state index contributed by atoms with van der Waals surface area (Å²) >= 11 is 33.8. The maximum atomic E-state index is 6.52. The third-order valence-corrected chi connectivity index (χ3v) is 12.5. The number of fused-ring (bicyclic) bond motifs is 2. The minimum atomic E-state index is -0.576. The van der Waals surface area contributed by atoms with Crippen molar-refractivity contribution >= 4 is 78.3 Å². The first kappa shape index (κ1) is 18.9. The molecule has 4 atom stereocenters. The molecule has 0 amide bonds. The number of alkyl halides is 6. The molecule has 0 aromatic heterocycles. The molecule has 3 aliphatic rings. The van der Waals surface area contributed by atoms with Crippen LogP contribution in [0, 0.1) is 11.8 Å². The first-order chi connectivity index (χ1) is 10.2. The van der Waals surface area contributed by atoms with Crippen LogP contribution >= 0.6 is 78.3 Å². The first-order valence-corrected chi connectivity index (χ1v) is 11.4. The molecule has 128 valence electrons. The standard InChI is InChI=1S/C16H22Br2Cl4/c17-13-9-5-1-3-7-11-14(18,15(11,19)20)10-6-2-4-8-12(13)16(13,21)22/h11-12H,1-10H2/t11-,12-,13-,14-/m1/s1. The molecule has 3 fully saturated rings. The quantitative estimate of drug-likeness (QED) is 0.289. The van der Waals surface area contributed by atoms with E-state index in [0.717, 1.165) is 38.5 Å². The number of rotatable bonds is 0. The molecule has 0 N–H and O–H groups in total. The normalized spacial score (nSPS) is 47.7. The molecular formula is C16H22Br2Cl4. The van der Waals surface area contributed by atoms with Gasteiger partial charge >= 0.3 is 0 Å². The minimum absolute atomic E-state index is 0.0608. The van der Waals surface area contributed by atoms with Crippen molar-refractivity contribution in [3.63, 3.8) is 0 Å². The zero-order valence-electron chi connectivity index (χ0n) is 12.5. The fraction of sp³-hybridized carbons (Fsp3) is 1.00. The molecule has 0 bridgehead atoms. The van der Waals surface area contributed by atoms with Crippen molar-refractivity contribution in [1.29, 1.82) is 0 Å². The molecule has 0 saturated heterocycles. The van der Waals surface area contributed by atoms with Crippen LogP contribution in [0.2, 0.25) is 0 Å². The smallest absolute Gasteiger partial charge is 0.0997 e. The molecule has 0 aromatic rings. The van der Waals surface area contributed by atoms with Crippen LogP contribution in [0.5, 0.6) is 0 Å². The van der Waals surface area contributed by atoms with Crippen LogP contribution in [0.3, 0.4) is 0 Å². The van der Waals surface area contributed by atoms with Crippen molar-refractivity contribution < 1.29 is 0 Å². The zero-order chi connectivity index (χ0) is 16.2. The van der Waals surface area contributed by atoms with Gasteiger partial charge in [0.15, 0.2) is 0 Å². The highest BCUT2D eigenvalue weighted by Gasteiger charge is 2.74. The third kappa shape index (κ3) is 2.92. The fourth-order valence-corrected chi connectivity index (χ4v) is 8.74. The second-order valence-corrected chi connectivity index (χ2v) is 12.9. The van der Waals surface area contributed by atoms with Crippen molar-refractivity contribution in [3.05, 3.63) is 0 Å². The van der Waals surface area contributed by atoms with Crippen LogP contribution in [0.25, 0.3) is 0 Å². The SMILES string of the molecule is ClC1(Cl)[C@@H]2CCCCC[C@@]3(Br)[C@@H](CCCCC[C@@]21Br)C3(Cl)Cl. The summed E-state index contributed by atoms with van der Waals surface area (Å²) in [6, 6.07) is 0. The van der Waals surface area contributed by atoms with E-state index in [1.54, 1.807) is 0 Å². The molecule has 0 heterocycles. The summed E-state index contributed by atoms with van der Waals surface area (Å²) in [6.45, 7) is 0. The largest absolute Gasteiger partial charge is 0.138 e. The van der Waals surface area contributed by atoms with Crippen LogP contribution < -0.4 is 0 Å². The molecule has 0 aromatic carbocycles. The van der Waals surface area contributed by atoms with Gasteiger partial charge in [-0.1, -0.05) is 117 Å². The van der Waals surface area contributed by atoms with Crippen molar-refractivity contribution in [2.24, 2.45) is 11.8 Å². The van der Waals surface area contributed by atoms with E-state index in [2.05, 4.69) is 31.9 Å². The van der Waals surface area contributed by atoms with Gasteiger partial charge in [0.05, 0.1) is 8.65 Å². The molecule has 0 nitrogen and oxygen atoms in total. The van der Waals surface area contributed by atoms with Gasteiger partial charge in [0, 0.05) is 11.8 Å². The Morgan fingerprint density at radius 2 is 0.955 bits per heavy atom. The molecule has 3 aliphatic carbocycles. The number of hydrogen-bond donors (Lipinski definition) is 0. The average Bonchev–Trinajstić information content (AvgIpc) is 3.05. The Bertz CT molecular complexity index is 402. The van der Waals surface area contributed by atoms with Gasteiger partial charge in [0.1, 0.15) is 8.67 Å². The Morgan fingerprint density at radius 1 is 0.591 bits per heavy atom. The highest BCUT2D eigenvalue weighted by Crippen LogP contribution is 2.72. The molecule has 0 spiro atoms. The number of halogens is 6. The van der Waals surface area contributed by atoms with Crippen molar-refractivity contribution in [2.45, 2.75) is 81.5 Å². The number of hydrogen-bond acceptors (Lipinski definition) is 0. The van der Waals surface area contributed by atoms with Crippen LogP contribution in [-0.2, 0) is 0 Å². The maximum Gasteiger partial charge on any atom is 0.138 e. The second kappa shape index (κ2) is 6.38. The molecular weight excluding hydrogens is 494 g/mol. The Hall–Kier alpha value is 2.12. The van der Waals surface area contributed by atoms with Gasteiger partial charge in [-0.25, -0.2) is 0 Å². The molecule has 3 rings (SSSR count). The lowest BCUT2D eigenvalue weighted by Gasteiger charge is -2.12. The Balaban J connectivity index is 1.60. The van der Waals surface area contributed by atoms with E-state index in [4.69, 9.17) is 46.4 Å². The molecule has 22 heavy (non-hydrogen) atoms. The van der Waals surface area contributed by atoms with Gasteiger partial charge < -0.3 is 0 Å². The summed E-state index contributed by atoms with van der Waals surface area (Å²) in [6.07, 6.45) is 11.3. The van der Waals surface area contributed by atoms with E-state index in [1.165, 1.54) is 25.7 Å². The summed E-state index contributed by atoms with van der Waals surface area (Å²) in [7, 11) is 0. The Labute approximate surface area is 170 Å². The summed E-state index contributed by atoms with van der Waals surface area (Å²) in [5, 5.41) is 0. The minimum Gasteiger partial charge on any atom is -0.0997 e.